The first-order valence-corrected chi connectivity index (χ1v) is 3.56. The van der Waals surface area contributed by atoms with E-state index in [0.29, 0.717) is 0 Å². The number of aliphatic hydroxyl groups excluding tert-OH is 2. The van der Waals surface area contributed by atoms with Crippen molar-refractivity contribution in [3.05, 3.63) is 19.1 Å². The molecular formula is C8H15O2. The van der Waals surface area contributed by atoms with Gasteiger partial charge >= 0.3 is 0 Å². The highest BCUT2D eigenvalue weighted by Crippen LogP contribution is 2.01. The molecule has 1 atom stereocenters. The molecular weight excluding hydrogens is 128 g/mol. The highest BCUT2D eigenvalue weighted by atomic mass is 16.3. The predicted molar refractivity (Wildman–Crippen MR) is 41.4 cm³/mol. The maximum absolute atomic E-state index is 8.92. The van der Waals surface area contributed by atoms with E-state index in [1.165, 1.54) is 6.08 Å². The minimum Gasteiger partial charge on any atom is -0.396 e. The van der Waals surface area contributed by atoms with Gasteiger partial charge in [0.05, 0.1) is 6.10 Å². The lowest BCUT2D eigenvalue weighted by Crippen LogP contribution is -2.01. The Bertz CT molecular complexity index is 81.3. The molecule has 0 aromatic carbocycles. The van der Waals surface area contributed by atoms with Crippen LogP contribution in [0, 0.1) is 6.42 Å². The van der Waals surface area contributed by atoms with Crippen molar-refractivity contribution in [1.29, 1.82) is 0 Å². The molecule has 0 spiro atoms. The van der Waals surface area contributed by atoms with Crippen molar-refractivity contribution < 1.29 is 10.2 Å². The molecule has 0 heterocycles. The van der Waals surface area contributed by atoms with Gasteiger partial charge in [0.15, 0.2) is 0 Å². The lowest BCUT2D eigenvalue weighted by Gasteiger charge is -2.02. The van der Waals surface area contributed by atoms with Crippen LogP contribution >= 0.6 is 0 Å². The van der Waals surface area contributed by atoms with Crippen LogP contribution in [-0.2, 0) is 0 Å². The summed E-state index contributed by atoms with van der Waals surface area (Å²) in [6.45, 7) is 3.66. The normalized spacial score (nSPS) is 13.0. The van der Waals surface area contributed by atoms with E-state index >= 15 is 0 Å². The van der Waals surface area contributed by atoms with E-state index in [-0.39, 0.29) is 6.61 Å². The van der Waals surface area contributed by atoms with Crippen LogP contribution in [0.25, 0.3) is 0 Å². The van der Waals surface area contributed by atoms with Crippen LogP contribution in [0.1, 0.15) is 19.3 Å². The van der Waals surface area contributed by atoms with E-state index in [4.69, 9.17) is 10.2 Å². The number of rotatable bonds is 6. The van der Waals surface area contributed by atoms with Gasteiger partial charge in [-0.05, 0) is 19.3 Å². The molecule has 1 radical (unpaired) electrons. The molecule has 0 fully saturated rings. The van der Waals surface area contributed by atoms with Crippen LogP contribution in [0.3, 0.4) is 0 Å². The molecule has 0 aromatic heterocycles. The average Bonchev–Trinajstić information content (AvgIpc) is 1.98. The number of hydrogen-bond acceptors (Lipinski definition) is 2. The maximum Gasteiger partial charge on any atom is 0.0750 e. The third-order valence-electron chi connectivity index (χ3n) is 1.26. The van der Waals surface area contributed by atoms with E-state index in [9.17, 15) is 0 Å². The Labute approximate surface area is 62.2 Å². The zero-order valence-corrected chi connectivity index (χ0v) is 6.16. The number of hydrogen-bond donors (Lipinski definition) is 2. The number of aliphatic hydroxyl groups is 2. The van der Waals surface area contributed by atoms with Crippen molar-refractivity contribution in [2.45, 2.75) is 25.4 Å². The zero-order valence-electron chi connectivity index (χ0n) is 6.16. The lowest BCUT2D eigenvalue weighted by molar-refractivity contribution is 0.246. The fourth-order valence-corrected chi connectivity index (χ4v) is 0.641. The third-order valence-corrected chi connectivity index (χ3v) is 1.26. The van der Waals surface area contributed by atoms with E-state index in [1.54, 1.807) is 6.42 Å². The highest BCUT2D eigenvalue weighted by Gasteiger charge is 1.96. The summed E-state index contributed by atoms with van der Waals surface area (Å²) in [5.41, 5.74) is 0. The van der Waals surface area contributed by atoms with Gasteiger partial charge in [0, 0.05) is 6.61 Å². The highest BCUT2D eigenvalue weighted by molar-refractivity contribution is 4.89. The van der Waals surface area contributed by atoms with Crippen molar-refractivity contribution in [1.82, 2.24) is 0 Å². The van der Waals surface area contributed by atoms with Gasteiger partial charge in [-0.15, -0.1) is 6.58 Å². The van der Waals surface area contributed by atoms with E-state index in [0.717, 1.165) is 19.3 Å². The predicted octanol–water partition coefficient (Wildman–Crippen LogP) is 0.900. The topological polar surface area (TPSA) is 40.5 Å². The monoisotopic (exact) mass is 143 g/mol. The molecule has 0 rings (SSSR count). The quantitative estimate of drug-likeness (QED) is 0.428. The summed E-state index contributed by atoms with van der Waals surface area (Å²) in [6.07, 6.45) is 5.36. The summed E-state index contributed by atoms with van der Waals surface area (Å²) in [5, 5.41) is 17.3. The van der Waals surface area contributed by atoms with Gasteiger partial charge in [0.25, 0.3) is 0 Å². The third kappa shape index (κ3) is 5.79. The smallest absolute Gasteiger partial charge is 0.0750 e. The molecule has 0 saturated carbocycles. The van der Waals surface area contributed by atoms with Crippen LogP contribution < -0.4 is 0 Å². The van der Waals surface area contributed by atoms with E-state index in [1.807, 2.05) is 0 Å². The van der Waals surface area contributed by atoms with Crippen LogP contribution in [0.5, 0.6) is 0 Å². The van der Waals surface area contributed by atoms with Gasteiger partial charge in [-0.1, -0.05) is 12.5 Å². The Hall–Kier alpha value is -0.340. The molecule has 2 heteroatoms. The Balaban J connectivity index is 2.95. The Kier molecular flexibility index (Phi) is 6.55. The maximum atomic E-state index is 8.92. The van der Waals surface area contributed by atoms with E-state index < -0.39 is 6.10 Å². The van der Waals surface area contributed by atoms with Crippen LogP contribution in [0.2, 0.25) is 0 Å². The summed E-state index contributed by atoms with van der Waals surface area (Å²) >= 11 is 0. The summed E-state index contributed by atoms with van der Waals surface area (Å²) in [6, 6.07) is 0. The minimum atomic E-state index is -0.487. The standard InChI is InChI=1S/C8H15O2/c1-2-8(10)6-4-3-5-7-9/h2,6,8-10H,1,3-5,7H2. The molecule has 10 heavy (non-hydrogen) atoms. The average molecular weight is 143 g/mol. The molecule has 0 aliphatic carbocycles. The first kappa shape index (κ1) is 9.66. The fraction of sp³-hybridized carbons (Fsp3) is 0.625. The van der Waals surface area contributed by atoms with Crippen molar-refractivity contribution in [2.24, 2.45) is 0 Å². The fourth-order valence-electron chi connectivity index (χ4n) is 0.641. The van der Waals surface area contributed by atoms with Gasteiger partial charge in [-0.3, -0.25) is 0 Å². The largest absolute Gasteiger partial charge is 0.396 e. The molecule has 59 valence electrons. The summed E-state index contributed by atoms with van der Waals surface area (Å²) < 4.78 is 0. The van der Waals surface area contributed by atoms with Gasteiger partial charge in [-0.2, -0.15) is 0 Å². The van der Waals surface area contributed by atoms with Crippen molar-refractivity contribution in [2.75, 3.05) is 6.61 Å². The van der Waals surface area contributed by atoms with Crippen molar-refractivity contribution >= 4 is 0 Å². The minimum absolute atomic E-state index is 0.234. The second kappa shape index (κ2) is 6.78. The Morgan fingerprint density at radius 3 is 2.60 bits per heavy atom. The molecule has 0 aromatic rings. The molecule has 1 unspecified atom stereocenters. The first-order valence-electron chi connectivity index (χ1n) is 3.56. The zero-order chi connectivity index (χ0) is 7.82. The molecule has 2 N–H and O–H groups in total. The van der Waals surface area contributed by atoms with Crippen molar-refractivity contribution in [3.63, 3.8) is 0 Å². The van der Waals surface area contributed by atoms with Gasteiger partial charge < -0.3 is 10.2 Å². The second-order valence-electron chi connectivity index (χ2n) is 2.18. The molecule has 0 saturated heterocycles. The van der Waals surface area contributed by atoms with Crippen LogP contribution in [0.15, 0.2) is 12.7 Å². The van der Waals surface area contributed by atoms with Crippen molar-refractivity contribution in [3.8, 4) is 0 Å². The van der Waals surface area contributed by atoms with Crippen LogP contribution in [-0.4, -0.2) is 22.9 Å². The SMILES string of the molecule is C=CC(O)[CH]CCCCO. The van der Waals surface area contributed by atoms with Crippen LogP contribution in [0.4, 0.5) is 0 Å². The van der Waals surface area contributed by atoms with Gasteiger partial charge in [0.2, 0.25) is 0 Å². The summed E-state index contributed by atoms with van der Waals surface area (Å²) in [5.74, 6) is 0. The molecule has 0 bridgehead atoms. The molecule has 0 aliphatic heterocycles. The summed E-state index contributed by atoms with van der Waals surface area (Å²) in [4.78, 5) is 0. The number of unbranched alkanes of at least 4 members (excludes halogenated alkanes) is 2. The molecule has 0 amide bonds. The van der Waals surface area contributed by atoms with Gasteiger partial charge in [0.1, 0.15) is 0 Å². The van der Waals surface area contributed by atoms with Gasteiger partial charge in [-0.25, -0.2) is 0 Å². The first-order chi connectivity index (χ1) is 4.81. The summed E-state index contributed by atoms with van der Waals surface area (Å²) in [7, 11) is 0. The Morgan fingerprint density at radius 1 is 1.40 bits per heavy atom. The Morgan fingerprint density at radius 2 is 2.10 bits per heavy atom. The molecule has 0 aliphatic rings. The lowest BCUT2D eigenvalue weighted by atomic mass is 10.1. The molecule has 2 nitrogen and oxygen atoms in total. The second-order valence-corrected chi connectivity index (χ2v) is 2.18. The van der Waals surface area contributed by atoms with E-state index in [2.05, 4.69) is 6.58 Å².